The number of aliphatic imine (C=N–C) groups is 1. The molecule has 2 N–H and O–H groups in total. The summed E-state index contributed by atoms with van der Waals surface area (Å²) in [5.41, 5.74) is 0.934. The molecule has 1 aromatic heterocycles. The van der Waals surface area contributed by atoms with Crippen molar-refractivity contribution in [2.75, 3.05) is 34.4 Å². The lowest BCUT2D eigenvalue weighted by atomic mass is 10.1. The van der Waals surface area contributed by atoms with Crippen LogP contribution in [0.5, 0.6) is 17.2 Å². The first-order valence-electron chi connectivity index (χ1n) is 9.45. The van der Waals surface area contributed by atoms with E-state index in [0.29, 0.717) is 29.7 Å². The minimum atomic E-state index is 0.470. The van der Waals surface area contributed by atoms with Gasteiger partial charge in [0.15, 0.2) is 17.5 Å². The van der Waals surface area contributed by atoms with Crippen LogP contribution in [0.2, 0.25) is 0 Å². The van der Waals surface area contributed by atoms with Crippen LogP contribution in [-0.2, 0) is 13.0 Å². The van der Waals surface area contributed by atoms with Crippen LogP contribution < -0.4 is 24.8 Å². The van der Waals surface area contributed by atoms with Crippen molar-refractivity contribution in [3.8, 4) is 17.2 Å². The summed E-state index contributed by atoms with van der Waals surface area (Å²) in [6, 6.07) is 8.11. The fourth-order valence-electron chi connectivity index (χ4n) is 2.91. The molecule has 0 saturated carbocycles. The molecule has 2 aromatic rings. The summed E-state index contributed by atoms with van der Waals surface area (Å²) in [5, 5.41) is 8.86. The largest absolute Gasteiger partial charge is 0.493 e. The van der Waals surface area contributed by atoms with E-state index in [1.165, 1.54) is 4.88 Å². The van der Waals surface area contributed by atoms with Gasteiger partial charge >= 0.3 is 0 Å². The fraction of sp³-hybridized carbons (Fsp3) is 0.476. The zero-order valence-corrected chi connectivity index (χ0v) is 18.2. The van der Waals surface area contributed by atoms with Gasteiger partial charge in [0.1, 0.15) is 0 Å². The van der Waals surface area contributed by atoms with E-state index in [4.69, 9.17) is 19.2 Å². The summed E-state index contributed by atoms with van der Waals surface area (Å²) >= 11 is 1.80. The Labute approximate surface area is 171 Å². The molecule has 28 heavy (non-hydrogen) atoms. The van der Waals surface area contributed by atoms with Gasteiger partial charge in [-0.25, -0.2) is 4.99 Å². The zero-order valence-electron chi connectivity index (χ0n) is 17.4. The lowest BCUT2D eigenvalue weighted by Crippen LogP contribution is -2.39. The number of thiophene rings is 1. The predicted octanol–water partition coefficient (Wildman–Crippen LogP) is 3.71. The highest BCUT2D eigenvalue weighted by atomic mass is 32.1. The molecule has 0 aliphatic heterocycles. The second kappa shape index (κ2) is 11.4. The van der Waals surface area contributed by atoms with Crippen LogP contribution in [0.3, 0.4) is 0 Å². The Morgan fingerprint density at radius 1 is 1.07 bits per heavy atom. The Morgan fingerprint density at radius 2 is 1.86 bits per heavy atom. The number of hydrogen-bond acceptors (Lipinski definition) is 5. The molecule has 1 heterocycles. The summed E-state index contributed by atoms with van der Waals surface area (Å²) in [5.74, 6) is 3.17. The summed E-state index contributed by atoms with van der Waals surface area (Å²) < 4.78 is 16.3. The van der Waals surface area contributed by atoms with Crippen LogP contribution in [0.4, 0.5) is 0 Å². The van der Waals surface area contributed by atoms with E-state index in [-0.39, 0.29) is 0 Å². The molecule has 0 aliphatic rings. The smallest absolute Gasteiger partial charge is 0.203 e. The molecule has 2 rings (SSSR count). The van der Waals surface area contributed by atoms with Crippen molar-refractivity contribution in [1.29, 1.82) is 0 Å². The molecular formula is C21H31N3O3S. The van der Waals surface area contributed by atoms with Crippen LogP contribution in [0.25, 0.3) is 0 Å². The van der Waals surface area contributed by atoms with Crippen LogP contribution >= 0.6 is 11.3 Å². The van der Waals surface area contributed by atoms with E-state index < -0.39 is 0 Å². The van der Waals surface area contributed by atoms with Crippen molar-refractivity contribution in [1.82, 2.24) is 10.6 Å². The average molecular weight is 406 g/mol. The molecule has 0 saturated heterocycles. The Hall–Kier alpha value is -2.41. The number of hydrogen-bond donors (Lipinski definition) is 2. The predicted molar refractivity (Wildman–Crippen MR) is 116 cm³/mol. The Kier molecular flexibility index (Phi) is 8.94. The minimum Gasteiger partial charge on any atom is -0.493 e. The third kappa shape index (κ3) is 6.05. The molecule has 1 aromatic carbocycles. The Bertz CT molecular complexity index is 748. The van der Waals surface area contributed by atoms with E-state index in [1.807, 2.05) is 12.1 Å². The molecule has 0 radical (unpaired) electrons. The highest BCUT2D eigenvalue weighted by Crippen LogP contribution is 2.39. The topological polar surface area (TPSA) is 64.1 Å². The summed E-state index contributed by atoms with van der Waals surface area (Å²) in [6.45, 7) is 6.43. The number of nitrogens with one attached hydrogen (secondary N) is 2. The van der Waals surface area contributed by atoms with Crippen molar-refractivity contribution in [3.05, 3.63) is 40.1 Å². The number of benzene rings is 1. The number of rotatable bonds is 10. The van der Waals surface area contributed by atoms with Crippen LogP contribution in [-0.4, -0.2) is 40.4 Å². The van der Waals surface area contributed by atoms with Gasteiger partial charge in [0.2, 0.25) is 5.75 Å². The molecule has 0 amide bonds. The third-order valence-corrected chi connectivity index (χ3v) is 5.18. The maximum absolute atomic E-state index is 5.55. The van der Waals surface area contributed by atoms with E-state index >= 15 is 0 Å². The lowest BCUT2D eigenvalue weighted by Gasteiger charge is -2.17. The van der Waals surface area contributed by atoms with Gasteiger partial charge in [-0.05, 0) is 42.8 Å². The lowest BCUT2D eigenvalue weighted by molar-refractivity contribution is 0.322. The third-order valence-electron chi connectivity index (χ3n) is 4.29. The zero-order chi connectivity index (χ0) is 20.4. The average Bonchev–Trinajstić information content (AvgIpc) is 3.22. The van der Waals surface area contributed by atoms with E-state index in [0.717, 1.165) is 31.0 Å². The Balaban J connectivity index is 2.05. The number of nitrogens with zero attached hydrogens (tertiary/aromatic N) is 1. The van der Waals surface area contributed by atoms with Crippen molar-refractivity contribution in [2.24, 2.45) is 10.9 Å². The molecule has 6 nitrogen and oxygen atoms in total. The molecule has 1 unspecified atom stereocenters. The van der Waals surface area contributed by atoms with Gasteiger partial charge in [-0.3, -0.25) is 0 Å². The first-order chi connectivity index (χ1) is 13.6. The van der Waals surface area contributed by atoms with Gasteiger partial charge in [-0.2, -0.15) is 0 Å². The summed E-state index contributed by atoms with van der Waals surface area (Å²) in [4.78, 5) is 6.12. The molecule has 0 fully saturated rings. The van der Waals surface area contributed by atoms with Gasteiger partial charge in [0.05, 0.1) is 27.9 Å². The van der Waals surface area contributed by atoms with Crippen molar-refractivity contribution in [3.63, 3.8) is 0 Å². The first kappa shape index (κ1) is 21.9. The van der Waals surface area contributed by atoms with Crippen molar-refractivity contribution >= 4 is 17.3 Å². The molecule has 0 bridgehead atoms. The maximum atomic E-state index is 5.55. The molecule has 7 heteroatoms. The number of guanidine groups is 1. The maximum Gasteiger partial charge on any atom is 0.203 e. The highest BCUT2D eigenvalue weighted by Gasteiger charge is 2.15. The normalized spacial score (nSPS) is 12.4. The van der Waals surface area contributed by atoms with E-state index in [9.17, 15) is 0 Å². The second-order valence-electron chi connectivity index (χ2n) is 6.46. The quantitative estimate of drug-likeness (QED) is 0.466. The SMILES string of the molecule is CCNC(=NCc1ccc(OC)c(OC)c1OC)NCC(C)Cc1cccs1. The fourth-order valence-corrected chi connectivity index (χ4v) is 3.78. The van der Waals surface area contributed by atoms with Gasteiger partial charge in [0, 0.05) is 23.5 Å². The van der Waals surface area contributed by atoms with Gasteiger partial charge in [-0.15, -0.1) is 11.3 Å². The first-order valence-corrected chi connectivity index (χ1v) is 10.3. The van der Waals surface area contributed by atoms with Gasteiger partial charge in [0.25, 0.3) is 0 Å². The van der Waals surface area contributed by atoms with Crippen LogP contribution in [0.1, 0.15) is 24.3 Å². The number of ether oxygens (including phenoxy) is 3. The van der Waals surface area contributed by atoms with Crippen molar-refractivity contribution in [2.45, 2.75) is 26.8 Å². The number of methoxy groups -OCH3 is 3. The monoisotopic (exact) mass is 405 g/mol. The minimum absolute atomic E-state index is 0.470. The van der Waals surface area contributed by atoms with Crippen LogP contribution in [0.15, 0.2) is 34.6 Å². The molecule has 0 aliphatic carbocycles. The molecule has 0 spiro atoms. The summed E-state index contributed by atoms with van der Waals surface area (Å²) in [7, 11) is 4.84. The van der Waals surface area contributed by atoms with E-state index in [2.05, 4.69) is 42.0 Å². The van der Waals surface area contributed by atoms with E-state index in [1.54, 1.807) is 32.7 Å². The molecule has 1 atom stereocenters. The highest BCUT2D eigenvalue weighted by molar-refractivity contribution is 7.09. The van der Waals surface area contributed by atoms with Gasteiger partial charge < -0.3 is 24.8 Å². The van der Waals surface area contributed by atoms with Gasteiger partial charge in [-0.1, -0.05) is 13.0 Å². The van der Waals surface area contributed by atoms with Crippen LogP contribution in [0, 0.1) is 5.92 Å². The molecular weight excluding hydrogens is 374 g/mol. The standard InChI is InChI=1S/C21H31N3O3S/c1-6-22-21(23-13-15(2)12-17-8-7-11-28-17)24-14-16-9-10-18(25-3)20(27-5)19(16)26-4/h7-11,15H,6,12-14H2,1-5H3,(H2,22,23,24). The van der Waals surface area contributed by atoms with Crippen molar-refractivity contribution < 1.29 is 14.2 Å². The Morgan fingerprint density at radius 3 is 2.46 bits per heavy atom. The second-order valence-corrected chi connectivity index (χ2v) is 7.49. The summed E-state index contributed by atoms with van der Waals surface area (Å²) in [6.07, 6.45) is 1.06. The molecule has 154 valence electrons.